The Morgan fingerprint density at radius 2 is 1.69 bits per heavy atom. The number of ether oxygens (including phenoxy) is 1. The van der Waals surface area contributed by atoms with Crippen LogP contribution in [0.3, 0.4) is 0 Å². The van der Waals surface area contributed by atoms with Gasteiger partial charge in [-0.05, 0) is 0 Å². The molecule has 0 rings (SSSR count). The molecular formula is C4H10O10P2. The minimum atomic E-state index is -5.00. The number of hydrogen-bond donors (Lipinski definition) is 4. The second kappa shape index (κ2) is 5.85. The fraction of sp³-hybridized carbons (Fsp3) is 0.750. The molecule has 0 aliphatic carbocycles. The lowest BCUT2D eigenvalue weighted by molar-refractivity contribution is -0.151. The maximum absolute atomic E-state index is 10.9. The fourth-order valence-electron chi connectivity index (χ4n) is 0.603. The molecule has 96 valence electrons. The van der Waals surface area contributed by atoms with E-state index in [4.69, 9.17) is 19.6 Å². The van der Waals surface area contributed by atoms with Gasteiger partial charge in [0.2, 0.25) is 0 Å². The average Bonchev–Trinajstić information content (AvgIpc) is 2.07. The van der Waals surface area contributed by atoms with E-state index in [1.807, 2.05) is 0 Å². The summed E-state index contributed by atoms with van der Waals surface area (Å²) in [5, 5.41) is 0. The topological polar surface area (TPSA) is 160 Å². The van der Waals surface area contributed by atoms with Crippen LogP contribution in [0.5, 0.6) is 0 Å². The molecule has 0 unspecified atom stereocenters. The maximum atomic E-state index is 10.9. The van der Waals surface area contributed by atoms with Crippen molar-refractivity contribution < 1.29 is 47.3 Å². The number of phosphoric ester groups is 2. The molecule has 0 spiro atoms. The smallest absolute Gasteiger partial charge is 0.467 e. The molecular weight excluding hydrogens is 270 g/mol. The molecule has 12 heteroatoms. The maximum Gasteiger partial charge on any atom is 0.470 e. The van der Waals surface area contributed by atoms with Crippen LogP contribution in [-0.2, 0) is 27.7 Å². The largest absolute Gasteiger partial charge is 0.470 e. The lowest BCUT2D eigenvalue weighted by atomic mass is 10.4. The van der Waals surface area contributed by atoms with Gasteiger partial charge >= 0.3 is 21.6 Å². The van der Waals surface area contributed by atoms with Crippen molar-refractivity contribution in [3.05, 3.63) is 0 Å². The van der Waals surface area contributed by atoms with Crippen LogP contribution in [0.1, 0.15) is 0 Å². The second-order valence-electron chi connectivity index (χ2n) is 2.39. The van der Waals surface area contributed by atoms with Gasteiger partial charge in [-0.3, -0.25) is 9.05 Å². The van der Waals surface area contributed by atoms with Crippen LogP contribution in [-0.4, -0.2) is 45.4 Å². The van der Waals surface area contributed by atoms with E-state index in [1.165, 1.54) is 0 Å². The minimum Gasteiger partial charge on any atom is -0.467 e. The van der Waals surface area contributed by atoms with Crippen molar-refractivity contribution >= 4 is 21.6 Å². The van der Waals surface area contributed by atoms with E-state index in [0.29, 0.717) is 0 Å². The molecule has 0 amide bonds. The van der Waals surface area contributed by atoms with Crippen molar-refractivity contribution in [2.24, 2.45) is 0 Å². The molecule has 1 atom stereocenters. The van der Waals surface area contributed by atoms with Crippen molar-refractivity contribution in [3.63, 3.8) is 0 Å². The molecule has 0 radical (unpaired) electrons. The standard InChI is InChI=1S/C4H10O10P2/c1-12-4(5)3(14-16(9,10)11)2-13-15(6,7)8/h3H,2H2,1H3,(H2,6,7,8)(H2,9,10,11)/t3-/m1/s1. The summed E-state index contributed by atoms with van der Waals surface area (Å²) in [6, 6.07) is 0. The highest BCUT2D eigenvalue weighted by atomic mass is 31.2. The zero-order valence-electron chi connectivity index (χ0n) is 7.92. The Labute approximate surface area is 89.6 Å². The Kier molecular flexibility index (Phi) is 5.74. The van der Waals surface area contributed by atoms with E-state index >= 15 is 0 Å². The number of hydrogen-bond acceptors (Lipinski definition) is 6. The summed E-state index contributed by atoms with van der Waals surface area (Å²) in [6.07, 6.45) is -1.93. The van der Waals surface area contributed by atoms with E-state index in [9.17, 15) is 13.9 Å². The summed E-state index contributed by atoms with van der Waals surface area (Å²) in [7, 11) is -8.98. The summed E-state index contributed by atoms with van der Waals surface area (Å²) in [5.41, 5.74) is 0. The average molecular weight is 280 g/mol. The van der Waals surface area contributed by atoms with Gasteiger partial charge in [-0.15, -0.1) is 0 Å². The Hall–Kier alpha value is -0.310. The van der Waals surface area contributed by atoms with Crippen molar-refractivity contribution in [1.82, 2.24) is 0 Å². The number of carbonyl (C=O) groups excluding carboxylic acids is 1. The summed E-state index contributed by atoms with van der Waals surface area (Å²) in [6.45, 7) is -1.05. The third kappa shape index (κ3) is 7.91. The van der Waals surface area contributed by atoms with Gasteiger partial charge < -0.3 is 24.3 Å². The Morgan fingerprint density at radius 1 is 1.19 bits per heavy atom. The molecule has 0 aliphatic heterocycles. The third-order valence-electron chi connectivity index (χ3n) is 1.12. The highest BCUT2D eigenvalue weighted by Gasteiger charge is 2.31. The first-order chi connectivity index (χ1) is 7.05. The predicted molar refractivity (Wildman–Crippen MR) is 46.9 cm³/mol. The molecule has 0 aromatic heterocycles. The van der Waals surface area contributed by atoms with Gasteiger partial charge in [-0.2, -0.15) is 0 Å². The van der Waals surface area contributed by atoms with Gasteiger partial charge in [-0.1, -0.05) is 0 Å². The molecule has 4 N–H and O–H groups in total. The van der Waals surface area contributed by atoms with E-state index < -0.39 is 34.3 Å². The van der Waals surface area contributed by atoms with E-state index in [-0.39, 0.29) is 0 Å². The van der Waals surface area contributed by atoms with Gasteiger partial charge in [-0.25, -0.2) is 13.9 Å². The van der Waals surface area contributed by atoms with E-state index in [0.717, 1.165) is 7.11 Å². The summed E-state index contributed by atoms with van der Waals surface area (Å²) < 4.78 is 32.5. The Morgan fingerprint density at radius 3 is 2.00 bits per heavy atom. The zero-order chi connectivity index (χ0) is 13.0. The Balaban J connectivity index is 4.51. The van der Waals surface area contributed by atoms with Gasteiger partial charge in [0.15, 0.2) is 6.10 Å². The van der Waals surface area contributed by atoms with E-state index in [2.05, 4.69) is 13.8 Å². The summed E-state index contributed by atoms with van der Waals surface area (Å²) in [5.74, 6) is -1.24. The summed E-state index contributed by atoms with van der Waals surface area (Å²) in [4.78, 5) is 44.3. The molecule has 0 heterocycles. The molecule has 0 aromatic rings. The van der Waals surface area contributed by atoms with Crippen LogP contribution >= 0.6 is 15.6 Å². The lowest BCUT2D eigenvalue weighted by Gasteiger charge is -2.16. The minimum absolute atomic E-state index is 0.899. The van der Waals surface area contributed by atoms with Crippen LogP contribution in [0, 0.1) is 0 Å². The first kappa shape index (κ1) is 15.7. The van der Waals surface area contributed by atoms with Crippen molar-refractivity contribution in [2.75, 3.05) is 13.7 Å². The van der Waals surface area contributed by atoms with Crippen molar-refractivity contribution in [1.29, 1.82) is 0 Å². The van der Waals surface area contributed by atoms with Crippen molar-refractivity contribution in [3.8, 4) is 0 Å². The number of carbonyl (C=O) groups is 1. The zero-order valence-corrected chi connectivity index (χ0v) is 9.71. The molecule has 0 saturated carbocycles. The van der Waals surface area contributed by atoms with Crippen molar-refractivity contribution in [2.45, 2.75) is 6.10 Å². The number of methoxy groups -OCH3 is 1. The molecule has 0 aliphatic rings. The second-order valence-corrected chi connectivity index (χ2v) is 4.83. The predicted octanol–water partition coefficient (Wildman–Crippen LogP) is -1.25. The van der Waals surface area contributed by atoms with Gasteiger partial charge in [0, 0.05) is 0 Å². The van der Waals surface area contributed by atoms with Crippen LogP contribution in [0.4, 0.5) is 0 Å². The fourth-order valence-corrected chi connectivity index (χ4v) is 1.41. The number of esters is 1. The number of rotatable bonds is 6. The first-order valence-corrected chi connectivity index (χ1v) is 6.63. The molecule has 16 heavy (non-hydrogen) atoms. The first-order valence-electron chi connectivity index (χ1n) is 3.57. The number of phosphoric acid groups is 2. The molecule has 10 nitrogen and oxygen atoms in total. The normalized spacial score (nSPS) is 14.6. The monoisotopic (exact) mass is 280 g/mol. The lowest BCUT2D eigenvalue weighted by Crippen LogP contribution is -2.29. The highest BCUT2D eigenvalue weighted by molar-refractivity contribution is 7.46. The van der Waals surface area contributed by atoms with Crippen LogP contribution < -0.4 is 0 Å². The van der Waals surface area contributed by atoms with Gasteiger partial charge in [0.1, 0.15) is 0 Å². The van der Waals surface area contributed by atoms with Crippen LogP contribution in [0.2, 0.25) is 0 Å². The van der Waals surface area contributed by atoms with E-state index in [1.54, 1.807) is 0 Å². The van der Waals surface area contributed by atoms with Crippen LogP contribution in [0.25, 0.3) is 0 Å². The molecule has 0 saturated heterocycles. The third-order valence-corrected chi connectivity index (χ3v) is 2.14. The SMILES string of the molecule is COC(=O)[C@@H](COP(=O)(O)O)OP(=O)(O)O. The quantitative estimate of drug-likeness (QED) is 0.341. The highest BCUT2D eigenvalue weighted by Crippen LogP contribution is 2.40. The van der Waals surface area contributed by atoms with Crippen LogP contribution in [0.15, 0.2) is 0 Å². The van der Waals surface area contributed by atoms with Gasteiger partial charge in [0.05, 0.1) is 13.7 Å². The Bertz CT molecular complexity index is 326. The molecule has 0 aromatic carbocycles. The van der Waals surface area contributed by atoms with Gasteiger partial charge in [0.25, 0.3) is 0 Å². The summed E-state index contributed by atoms with van der Waals surface area (Å²) >= 11 is 0. The molecule has 0 bridgehead atoms. The molecule has 0 fully saturated rings.